The highest BCUT2D eigenvalue weighted by atomic mass is 16.5. The van der Waals surface area contributed by atoms with E-state index in [2.05, 4.69) is 34.6 Å². The van der Waals surface area contributed by atoms with Crippen LogP contribution in [0.15, 0.2) is 60.7 Å². The van der Waals surface area contributed by atoms with Crippen molar-refractivity contribution in [1.82, 2.24) is 15.0 Å². The molecule has 0 amide bonds. The second kappa shape index (κ2) is 7.00. The van der Waals surface area contributed by atoms with Gasteiger partial charge in [-0.1, -0.05) is 65.9 Å². The minimum absolute atomic E-state index is 0.482. The van der Waals surface area contributed by atoms with Crippen LogP contribution in [0.5, 0.6) is 0 Å². The van der Waals surface area contributed by atoms with Crippen LogP contribution < -0.4 is 0 Å². The van der Waals surface area contributed by atoms with Gasteiger partial charge in [0.1, 0.15) is 5.69 Å². The van der Waals surface area contributed by atoms with Crippen LogP contribution in [-0.4, -0.2) is 21.6 Å². The third kappa shape index (κ3) is 3.23. The van der Waals surface area contributed by atoms with Gasteiger partial charge >= 0.3 is 0 Å². The summed E-state index contributed by atoms with van der Waals surface area (Å²) in [6.07, 6.45) is 0. The van der Waals surface area contributed by atoms with E-state index < -0.39 is 0 Å². The summed E-state index contributed by atoms with van der Waals surface area (Å²) < 4.78 is 7.47. The van der Waals surface area contributed by atoms with Gasteiger partial charge in [0.05, 0.1) is 18.8 Å². The fraction of sp³-hybridized carbons (Fsp3) is 0.222. The van der Waals surface area contributed by atoms with Gasteiger partial charge < -0.3 is 4.74 Å². The SMILES string of the molecule is CCOCc1nnn(Cc2ccccc2)c1-c1ccccc1. The predicted octanol–water partition coefficient (Wildman–Crippen LogP) is 3.53. The molecule has 0 bridgehead atoms. The fourth-order valence-electron chi connectivity index (χ4n) is 2.42. The fourth-order valence-corrected chi connectivity index (χ4v) is 2.42. The Kier molecular flexibility index (Phi) is 4.61. The standard InChI is InChI=1S/C18H19N3O/c1-2-22-14-17-18(16-11-7-4-8-12-16)21(20-19-17)13-15-9-5-3-6-10-15/h3-12H,2,13-14H2,1H3. The highest BCUT2D eigenvalue weighted by Crippen LogP contribution is 2.23. The Labute approximate surface area is 130 Å². The van der Waals surface area contributed by atoms with Crippen molar-refractivity contribution >= 4 is 0 Å². The lowest BCUT2D eigenvalue weighted by Gasteiger charge is -2.08. The molecule has 0 saturated heterocycles. The molecule has 0 atom stereocenters. The van der Waals surface area contributed by atoms with E-state index in [1.807, 2.05) is 48.0 Å². The Hall–Kier alpha value is -2.46. The maximum absolute atomic E-state index is 5.53. The molecule has 0 aliphatic carbocycles. The van der Waals surface area contributed by atoms with E-state index in [1.165, 1.54) is 5.56 Å². The largest absolute Gasteiger partial charge is 0.375 e. The summed E-state index contributed by atoms with van der Waals surface area (Å²) in [5.74, 6) is 0. The number of hydrogen-bond donors (Lipinski definition) is 0. The molecule has 0 aliphatic heterocycles. The lowest BCUT2D eigenvalue weighted by atomic mass is 10.1. The number of hydrogen-bond acceptors (Lipinski definition) is 3. The first-order chi connectivity index (χ1) is 10.9. The Balaban J connectivity index is 1.97. The van der Waals surface area contributed by atoms with Gasteiger partial charge in [-0.05, 0) is 12.5 Å². The second-order valence-corrected chi connectivity index (χ2v) is 5.03. The van der Waals surface area contributed by atoms with E-state index in [1.54, 1.807) is 0 Å². The average molecular weight is 293 g/mol. The second-order valence-electron chi connectivity index (χ2n) is 5.03. The molecule has 4 heteroatoms. The molecule has 0 N–H and O–H groups in total. The van der Waals surface area contributed by atoms with Crippen LogP contribution in [0.3, 0.4) is 0 Å². The minimum Gasteiger partial charge on any atom is -0.375 e. The summed E-state index contributed by atoms with van der Waals surface area (Å²) in [5, 5.41) is 8.64. The third-order valence-corrected chi connectivity index (χ3v) is 3.47. The van der Waals surface area contributed by atoms with Gasteiger partial charge in [0.15, 0.2) is 0 Å². The zero-order valence-electron chi connectivity index (χ0n) is 12.6. The predicted molar refractivity (Wildman–Crippen MR) is 86.3 cm³/mol. The van der Waals surface area contributed by atoms with Crippen molar-refractivity contribution in [2.75, 3.05) is 6.61 Å². The van der Waals surface area contributed by atoms with Crippen LogP contribution in [0.2, 0.25) is 0 Å². The van der Waals surface area contributed by atoms with Gasteiger partial charge in [-0.2, -0.15) is 0 Å². The first-order valence-corrected chi connectivity index (χ1v) is 7.48. The molecule has 1 heterocycles. The number of benzene rings is 2. The van der Waals surface area contributed by atoms with Crippen molar-refractivity contribution in [3.8, 4) is 11.3 Å². The molecular weight excluding hydrogens is 274 g/mol. The monoisotopic (exact) mass is 293 g/mol. The van der Waals surface area contributed by atoms with Crippen molar-refractivity contribution in [1.29, 1.82) is 0 Å². The van der Waals surface area contributed by atoms with Gasteiger partial charge in [0.2, 0.25) is 0 Å². The van der Waals surface area contributed by atoms with E-state index in [0.717, 1.165) is 17.0 Å². The average Bonchev–Trinajstić information content (AvgIpc) is 2.97. The summed E-state index contributed by atoms with van der Waals surface area (Å²) in [6.45, 7) is 3.83. The summed E-state index contributed by atoms with van der Waals surface area (Å²) in [5.41, 5.74) is 4.22. The molecule has 0 fully saturated rings. The lowest BCUT2D eigenvalue weighted by Crippen LogP contribution is -2.05. The van der Waals surface area contributed by atoms with Crippen molar-refractivity contribution in [2.24, 2.45) is 0 Å². The van der Waals surface area contributed by atoms with Crippen molar-refractivity contribution in [2.45, 2.75) is 20.1 Å². The summed E-state index contributed by atoms with van der Waals surface area (Å²) >= 11 is 0. The molecular formula is C18H19N3O. The van der Waals surface area contributed by atoms with Crippen LogP contribution in [0, 0.1) is 0 Å². The van der Waals surface area contributed by atoms with Gasteiger partial charge in [0.25, 0.3) is 0 Å². The Morgan fingerprint density at radius 2 is 1.64 bits per heavy atom. The number of nitrogens with zero attached hydrogens (tertiary/aromatic N) is 3. The van der Waals surface area contributed by atoms with Crippen molar-refractivity contribution < 1.29 is 4.74 Å². The molecule has 3 rings (SSSR count). The van der Waals surface area contributed by atoms with Crippen LogP contribution in [0.25, 0.3) is 11.3 Å². The zero-order chi connectivity index (χ0) is 15.2. The summed E-state index contributed by atoms with van der Waals surface area (Å²) in [4.78, 5) is 0. The molecule has 0 unspecified atom stereocenters. The molecule has 0 aliphatic rings. The highest BCUT2D eigenvalue weighted by molar-refractivity contribution is 5.61. The van der Waals surface area contributed by atoms with Crippen LogP contribution in [-0.2, 0) is 17.9 Å². The van der Waals surface area contributed by atoms with Crippen molar-refractivity contribution in [3.05, 3.63) is 71.9 Å². The van der Waals surface area contributed by atoms with E-state index in [-0.39, 0.29) is 0 Å². The van der Waals surface area contributed by atoms with Gasteiger partial charge in [-0.3, -0.25) is 0 Å². The lowest BCUT2D eigenvalue weighted by molar-refractivity contribution is 0.131. The molecule has 112 valence electrons. The first kappa shape index (κ1) is 14.5. The maximum atomic E-state index is 5.53. The quantitative estimate of drug-likeness (QED) is 0.698. The van der Waals surface area contributed by atoms with Crippen LogP contribution in [0.4, 0.5) is 0 Å². The van der Waals surface area contributed by atoms with Crippen molar-refractivity contribution in [3.63, 3.8) is 0 Å². The normalized spacial score (nSPS) is 10.8. The number of ether oxygens (including phenoxy) is 1. The van der Waals surface area contributed by atoms with E-state index in [0.29, 0.717) is 19.8 Å². The number of aromatic nitrogens is 3. The van der Waals surface area contributed by atoms with Crippen LogP contribution >= 0.6 is 0 Å². The molecule has 2 aromatic carbocycles. The van der Waals surface area contributed by atoms with E-state index in [4.69, 9.17) is 4.74 Å². The summed E-state index contributed by atoms with van der Waals surface area (Å²) in [7, 11) is 0. The number of rotatable bonds is 6. The van der Waals surface area contributed by atoms with Crippen LogP contribution in [0.1, 0.15) is 18.2 Å². The zero-order valence-corrected chi connectivity index (χ0v) is 12.6. The van der Waals surface area contributed by atoms with E-state index in [9.17, 15) is 0 Å². The topological polar surface area (TPSA) is 39.9 Å². The first-order valence-electron chi connectivity index (χ1n) is 7.48. The molecule has 3 aromatic rings. The highest BCUT2D eigenvalue weighted by Gasteiger charge is 2.15. The van der Waals surface area contributed by atoms with Gasteiger partial charge in [-0.25, -0.2) is 4.68 Å². The molecule has 4 nitrogen and oxygen atoms in total. The third-order valence-electron chi connectivity index (χ3n) is 3.47. The molecule has 22 heavy (non-hydrogen) atoms. The molecule has 0 spiro atoms. The smallest absolute Gasteiger partial charge is 0.116 e. The Morgan fingerprint density at radius 1 is 0.955 bits per heavy atom. The molecule has 1 aromatic heterocycles. The molecule has 0 radical (unpaired) electrons. The minimum atomic E-state index is 0.482. The Morgan fingerprint density at radius 3 is 2.32 bits per heavy atom. The molecule has 0 saturated carbocycles. The Bertz CT molecular complexity index is 708. The van der Waals surface area contributed by atoms with Gasteiger partial charge in [0, 0.05) is 12.2 Å². The van der Waals surface area contributed by atoms with E-state index >= 15 is 0 Å². The summed E-state index contributed by atoms with van der Waals surface area (Å²) in [6, 6.07) is 20.5. The van der Waals surface area contributed by atoms with Gasteiger partial charge in [-0.15, -0.1) is 5.10 Å². The maximum Gasteiger partial charge on any atom is 0.116 e.